The molecular weight excluding hydrogens is 250 g/mol. The van der Waals surface area contributed by atoms with Crippen molar-refractivity contribution in [1.82, 2.24) is 4.90 Å². The molecule has 1 saturated heterocycles. The first-order valence-electron chi connectivity index (χ1n) is 6.31. The van der Waals surface area contributed by atoms with Crippen LogP contribution in [-0.4, -0.2) is 42.1 Å². The minimum absolute atomic E-state index is 0.227. The number of rotatable bonds is 2. The Morgan fingerprint density at radius 2 is 2.21 bits per heavy atom. The van der Waals surface area contributed by atoms with Crippen molar-refractivity contribution in [2.75, 3.05) is 13.2 Å². The zero-order valence-corrected chi connectivity index (χ0v) is 11.0. The average Bonchev–Trinajstić information content (AvgIpc) is 2.74. The first kappa shape index (κ1) is 13.6. The van der Waals surface area contributed by atoms with E-state index in [2.05, 4.69) is 0 Å². The summed E-state index contributed by atoms with van der Waals surface area (Å²) < 4.78 is 9.93. The Morgan fingerprint density at radius 1 is 1.47 bits per heavy atom. The van der Waals surface area contributed by atoms with Gasteiger partial charge < -0.3 is 9.47 Å². The molecule has 1 heterocycles. The number of hydrogen-bond acceptors (Lipinski definition) is 5. The van der Waals surface area contributed by atoms with Crippen LogP contribution in [-0.2, 0) is 19.1 Å². The van der Waals surface area contributed by atoms with Crippen molar-refractivity contribution in [3.05, 3.63) is 11.6 Å². The minimum atomic E-state index is -0.613. The number of cyclic esters (lactones) is 1. The summed E-state index contributed by atoms with van der Waals surface area (Å²) in [5.74, 6) is -1.26. The van der Waals surface area contributed by atoms with Gasteiger partial charge in [-0.15, -0.1) is 0 Å². The molecule has 0 bridgehead atoms. The highest BCUT2D eigenvalue weighted by molar-refractivity contribution is 5.94. The molecule has 1 aliphatic carbocycles. The van der Waals surface area contributed by atoms with Gasteiger partial charge in [-0.2, -0.15) is 0 Å². The molecule has 2 atom stereocenters. The van der Waals surface area contributed by atoms with Crippen LogP contribution in [0.3, 0.4) is 0 Å². The topological polar surface area (TPSA) is 72.9 Å². The standard InChI is InChI=1S/C13H17NO5/c1-8-3-4-10(11(7-8)19-9(2)15)12(16)14-5-6-18-13(14)17/h7,10-11H,3-6H2,1-2H3/t10-,11-/m0/s1. The van der Waals surface area contributed by atoms with Crippen molar-refractivity contribution in [3.63, 3.8) is 0 Å². The van der Waals surface area contributed by atoms with E-state index in [1.807, 2.05) is 6.92 Å². The number of imide groups is 1. The van der Waals surface area contributed by atoms with Crippen molar-refractivity contribution < 1.29 is 23.9 Å². The number of hydrogen-bond donors (Lipinski definition) is 0. The smallest absolute Gasteiger partial charge is 0.416 e. The summed E-state index contributed by atoms with van der Waals surface area (Å²) >= 11 is 0. The quantitative estimate of drug-likeness (QED) is 0.556. The maximum absolute atomic E-state index is 12.3. The zero-order chi connectivity index (χ0) is 14.0. The van der Waals surface area contributed by atoms with Gasteiger partial charge in [-0.3, -0.25) is 9.59 Å². The molecule has 2 rings (SSSR count). The molecule has 0 aromatic carbocycles. The Kier molecular flexibility index (Phi) is 3.87. The Morgan fingerprint density at radius 3 is 2.79 bits per heavy atom. The lowest BCUT2D eigenvalue weighted by Gasteiger charge is -2.29. The second kappa shape index (κ2) is 5.42. The maximum atomic E-state index is 12.3. The van der Waals surface area contributed by atoms with Crippen LogP contribution in [0.5, 0.6) is 0 Å². The van der Waals surface area contributed by atoms with Crippen LogP contribution in [0.25, 0.3) is 0 Å². The summed E-state index contributed by atoms with van der Waals surface area (Å²) in [5, 5.41) is 0. The molecule has 1 aliphatic heterocycles. The molecule has 104 valence electrons. The van der Waals surface area contributed by atoms with Gasteiger partial charge in [0.05, 0.1) is 12.5 Å². The third-order valence-corrected chi connectivity index (χ3v) is 3.34. The molecule has 0 aromatic rings. The lowest BCUT2D eigenvalue weighted by atomic mass is 9.86. The van der Waals surface area contributed by atoms with E-state index in [1.165, 1.54) is 6.92 Å². The van der Waals surface area contributed by atoms with Crippen LogP contribution in [0.1, 0.15) is 26.7 Å². The molecule has 0 spiro atoms. The van der Waals surface area contributed by atoms with E-state index in [0.717, 1.165) is 16.9 Å². The van der Waals surface area contributed by atoms with Crippen LogP contribution in [0.2, 0.25) is 0 Å². The molecule has 19 heavy (non-hydrogen) atoms. The average molecular weight is 267 g/mol. The Hall–Kier alpha value is -1.85. The Balaban J connectivity index is 2.14. The lowest BCUT2D eigenvalue weighted by Crippen LogP contribution is -2.43. The van der Waals surface area contributed by atoms with E-state index in [0.29, 0.717) is 6.42 Å². The fourth-order valence-corrected chi connectivity index (χ4v) is 2.39. The number of nitrogens with zero attached hydrogens (tertiary/aromatic N) is 1. The van der Waals surface area contributed by atoms with E-state index >= 15 is 0 Å². The van der Waals surface area contributed by atoms with Crippen molar-refractivity contribution in [2.45, 2.75) is 32.8 Å². The van der Waals surface area contributed by atoms with Gasteiger partial charge in [-0.25, -0.2) is 9.69 Å². The molecule has 2 amide bonds. The second-order valence-electron chi connectivity index (χ2n) is 4.84. The SMILES string of the molecule is CC(=O)O[C@H]1C=C(C)CC[C@@H]1C(=O)N1CCOC1=O. The van der Waals surface area contributed by atoms with E-state index < -0.39 is 24.1 Å². The highest BCUT2D eigenvalue weighted by Crippen LogP contribution is 2.28. The summed E-state index contributed by atoms with van der Waals surface area (Å²) in [5.41, 5.74) is 1.08. The summed E-state index contributed by atoms with van der Waals surface area (Å²) in [6.45, 7) is 3.73. The summed E-state index contributed by atoms with van der Waals surface area (Å²) in [6, 6.07) is 0. The van der Waals surface area contributed by atoms with Crippen molar-refractivity contribution in [3.8, 4) is 0 Å². The highest BCUT2D eigenvalue weighted by Gasteiger charge is 2.39. The lowest BCUT2D eigenvalue weighted by molar-refractivity contribution is -0.150. The highest BCUT2D eigenvalue weighted by atomic mass is 16.6. The third-order valence-electron chi connectivity index (χ3n) is 3.34. The minimum Gasteiger partial charge on any atom is -0.457 e. The summed E-state index contributed by atoms with van der Waals surface area (Å²) in [7, 11) is 0. The number of allylic oxidation sites excluding steroid dienone is 1. The molecule has 0 saturated carbocycles. The van der Waals surface area contributed by atoms with E-state index in [9.17, 15) is 14.4 Å². The first-order valence-corrected chi connectivity index (χ1v) is 6.31. The van der Waals surface area contributed by atoms with Crippen molar-refractivity contribution >= 4 is 18.0 Å². The number of carbonyl (C=O) groups is 3. The number of esters is 1. The van der Waals surface area contributed by atoms with Gasteiger partial charge in [0, 0.05) is 6.92 Å². The summed E-state index contributed by atoms with van der Waals surface area (Å²) in [4.78, 5) is 35.9. The molecular formula is C13H17NO5. The van der Waals surface area contributed by atoms with Gasteiger partial charge in [-0.05, 0) is 25.8 Å². The maximum Gasteiger partial charge on any atom is 0.416 e. The van der Waals surface area contributed by atoms with Crippen molar-refractivity contribution in [2.24, 2.45) is 5.92 Å². The molecule has 6 heteroatoms. The number of ether oxygens (including phenoxy) is 2. The second-order valence-corrected chi connectivity index (χ2v) is 4.84. The number of amides is 2. The van der Waals surface area contributed by atoms with E-state index in [1.54, 1.807) is 6.08 Å². The van der Waals surface area contributed by atoms with Gasteiger partial charge in [-0.1, -0.05) is 5.57 Å². The van der Waals surface area contributed by atoms with Crippen LogP contribution in [0.15, 0.2) is 11.6 Å². The largest absolute Gasteiger partial charge is 0.457 e. The third kappa shape index (κ3) is 2.94. The van der Waals surface area contributed by atoms with Gasteiger partial charge in [0.25, 0.3) is 0 Å². The predicted octanol–water partition coefficient (Wildman–Crippen LogP) is 1.25. The Labute approximate surface area is 111 Å². The van der Waals surface area contributed by atoms with Gasteiger partial charge in [0.15, 0.2) is 0 Å². The van der Waals surface area contributed by atoms with E-state index in [-0.39, 0.29) is 19.1 Å². The van der Waals surface area contributed by atoms with Gasteiger partial charge in [0.1, 0.15) is 12.7 Å². The summed E-state index contributed by atoms with van der Waals surface area (Å²) in [6.07, 6.45) is 1.92. The van der Waals surface area contributed by atoms with Crippen molar-refractivity contribution in [1.29, 1.82) is 0 Å². The van der Waals surface area contributed by atoms with E-state index in [4.69, 9.17) is 9.47 Å². The molecule has 1 fully saturated rings. The fraction of sp³-hybridized carbons (Fsp3) is 0.615. The molecule has 6 nitrogen and oxygen atoms in total. The molecule has 0 aromatic heterocycles. The Bertz CT molecular complexity index is 442. The first-order chi connectivity index (χ1) is 8.99. The predicted molar refractivity (Wildman–Crippen MR) is 65.1 cm³/mol. The van der Waals surface area contributed by atoms with Crippen LogP contribution >= 0.6 is 0 Å². The monoisotopic (exact) mass is 267 g/mol. The zero-order valence-electron chi connectivity index (χ0n) is 11.0. The normalized spacial score (nSPS) is 26.7. The van der Waals surface area contributed by atoms with Gasteiger partial charge >= 0.3 is 12.1 Å². The fourth-order valence-electron chi connectivity index (χ4n) is 2.39. The number of carbonyl (C=O) groups excluding carboxylic acids is 3. The van der Waals surface area contributed by atoms with Crippen LogP contribution in [0, 0.1) is 5.92 Å². The molecule has 2 aliphatic rings. The molecule has 0 radical (unpaired) electrons. The van der Waals surface area contributed by atoms with Crippen LogP contribution in [0.4, 0.5) is 4.79 Å². The van der Waals surface area contributed by atoms with Gasteiger partial charge in [0.2, 0.25) is 5.91 Å². The molecule has 0 N–H and O–H groups in total. The van der Waals surface area contributed by atoms with Crippen LogP contribution < -0.4 is 0 Å². The molecule has 0 unspecified atom stereocenters.